The van der Waals surface area contributed by atoms with Gasteiger partial charge in [-0.2, -0.15) is 0 Å². The smallest absolute Gasteiger partial charge is 0.337 e. The molecule has 1 amide bonds. The van der Waals surface area contributed by atoms with Crippen LogP contribution in [0.1, 0.15) is 45.8 Å². The third-order valence-corrected chi connectivity index (χ3v) is 7.18. The Morgan fingerprint density at radius 3 is 2.64 bits per heavy atom. The molecule has 0 spiro atoms. The Kier molecular flexibility index (Phi) is 7.69. The summed E-state index contributed by atoms with van der Waals surface area (Å²) in [4.78, 5) is 31.8. The monoisotopic (exact) mass is 539 g/mol. The number of pyridine rings is 1. The van der Waals surface area contributed by atoms with Gasteiger partial charge < -0.3 is 24.8 Å². The van der Waals surface area contributed by atoms with Gasteiger partial charge in [-0.25, -0.2) is 4.79 Å². The molecule has 4 aromatic rings. The highest BCUT2D eigenvalue weighted by Crippen LogP contribution is 2.39. The number of nitrogens with one attached hydrogen (secondary N) is 2. The normalized spacial score (nSPS) is 16.6. The molecule has 1 fully saturated rings. The zero-order valence-electron chi connectivity index (χ0n) is 21.7. The number of carbonyl (C=O) groups is 2. The van der Waals surface area contributed by atoms with E-state index in [4.69, 9.17) is 17.0 Å². The Hall–Kier alpha value is -4.50. The van der Waals surface area contributed by atoms with E-state index in [1.807, 2.05) is 89.3 Å². The van der Waals surface area contributed by atoms with Crippen molar-refractivity contribution in [2.45, 2.75) is 25.4 Å². The Bertz CT molecular complexity index is 1500. The summed E-state index contributed by atoms with van der Waals surface area (Å²) in [6.45, 7) is 2.37. The predicted molar refractivity (Wildman–Crippen MR) is 154 cm³/mol. The summed E-state index contributed by atoms with van der Waals surface area (Å²) < 4.78 is 6.95. The molecule has 5 rings (SSSR count). The number of para-hydroxylation sites is 1. The Balaban J connectivity index is 1.46. The van der Waals surface area contributed by atoms with Crippen LogP contribution in [-0.2, 0) is 9.53 Å². The topological polar surface area (TPSA) is 88.5 Å². The first-order valence-electron chi connectivity index (χ1n) is 12.7. The second-order valence-corrected chi connectivity index (χ2v) is 9.66. The fourth-order valence-corrected chi connectivity index (χ4v) is 5.22. The Morgan fingerprint density at radius 2 is 1.87 bits per heavy atom. The molecule has 1 aliphatic heterocycles. The zero-order chi connectivity index (χ0) is 27.4. The second kappa shape index (κ2) is 11.5. The quantitative estimate of drug-likeness (QED) is 0.241. The van der Waals surface area contributed by atoms with Crippen molar-refractivity contribution in [3.05, 3.63) is 114 Å². The number of nitrogens with zero attached hydrogens (tertiary/aromatic N) is 3. The molecule has 0 aliphatic carbocycles. The van der Waals surface area contributed by atoms with Crippen LogP contribution in [-0.4, -0.2) is 45.1 Å². The number of hydrogen-bond donors (Lipinski definition) is 2. The van der Waals surface area contributed by atoms with Crippen LogP contribution in [0.3, 0.4) is 0 Å². The standard InChI is InChI=1S/C30H29N5O3S/c1-20-9-3-4-12-23(20)32-26(36)15-18-35-28(27(33-30(35)39)24-13-5-6-16-31-24)25-14-8-17-34(25)22-11-7-10-21(19-22)29(37)38-2/h3-14,16-17,19,27-28H,15,18H2,1-2H3,(H,32,36)(H,33,39)/t27-,28+/m0/s1. The number of ether oxygens (including phenoxy) is 1. The molecule has 2 aromatic carbocycles. The van der Waals surface area contributed by atoms with Crippen LogP contribution in [0.4, 0.5) is 5.69 Å². The van der Waals surface area contributed by atoms with Gasteiger partial charge in [0.15, 0.2) is 5.11 Å². The number of thiocarbonyl (C=S) groups is 1. The number of amides is 1. The summed E-state index contributed by atoms with van der Waals surface area (Å²) in [6.07, 6.45) is 3.96. The van der Waals surface area contributed by atoms with Crippen LogP contribution in [0, 0.1) is 6.92 Å². The molecular weight excluding hydrogens is 510 g/mol. The van der Waals surface area contributed by atoms with Crippen molar-refractivity contribution >= 4 is 34.9 Å². The van der Waals surface area contributed by atoms with E-state index in [0.29, 0.717) is 17.2 Å². The van der Waals surface area contributed by atoms with Crippen LogP contribution in [0.15, 0.2) is 91.3 Å². The van der Waals surface area contributed by atoms with E-state index >= 15 is 0 Å². The SMILES string of the molecule is COC(=O)c1cccc(-n2cccc2[C@@H]2[C@H](c3ccccn3)NC(=S)N2CCC(=O)Nc2ccccc2C)c1. The van der Waals surface area contributed by atoms with Crippen molar-refractivity contribution in [2.24, 2.45) is 0 Å². The lowest BCUT2D eigenvalue weighted by molar-refractivity contribution is -0.116. The fourth-order valence-electron chi connectivity index (χ4n) is 4.89. The maximum Gasteiger partial charge on any atom is 0.337 e. The molecule has 0 saturated carbocycles. The van der Waals surface area contributed by atoms with E-state index in [0.717, 1.165) is 28.3 Å². The predicted octanol–water partition coefficient (Wildman–Crippen LogP) is 4.97. The van der Waals surface area contributed by atoms with Gasteiger partial charge >= 0.3 is 5.97 Å². The number of methoxy groups -OCH3 is 1. The third kappa shape index (κ3) is 5.53. The number of carbonyl (C=O) groups excluding carboxylic acids is 2. The summed E-state index contributed by atoms with van der Waals surface area (Å²) in [5.41, 5.74) is 4.86. The zero-order valence-corrected chi connectivity index (χ0v) is 22.5. The van der Waals surface area contributed by atoms with E-state index in [1.165, 1.54) is 7.11 Å². The average molecular weight is 540 g/mol. The van der Waals surface area contributed by atoms with Crippen LogP contribution in [0.5, 0.6) is 0 Å². The van der Waals surface area contributed by atoms with Crippen LogP contribution >= 0.6 is 12.2 Å². The first-order valence-corrected chi connectivity index (χ1v) is 13.1. The third-order valence-electron chi connectivity index (χ3n) is 6.83. The highest BCUT2D eigenvalue weighted by Gasteiger charge is 2.41. The van der Waals surface area contributed by atoms with Crippen molar-refractivity contribution in [2.75, 3.05) is 19.0 Å². The van der Waals surface area contributed by atoms with Crippen molar-refractivity contribution in [3.63, 3.8) is 0 Å². The molecule has 0 unspecified atom stereocenters. The summed E-state index contributed by atoms with van der Waals surface area (Å²) in [5, 5.41) is 7.00. The van der Waals surface area contributed by atoms with E-state index in [2.05, 4.69) is 15.6 Å². The van der Waals surface area contributed by atoms with Gasteiger partial charge in [0.05, 0.1) is 30.5 Å². The molecular formula is C30H29N5O3S. The number of benzene rings is 2. The van der Waals surface area contributed by atoms with Crippen molar-refractivity contribution in [3.8, 4) is 5.69 Å². The number of anilines is 1. The number of aromatic nitrogens is 2. The molecule has 1 saturated heterocycles. The molecule has 0 bridgehead atoms. The van der Waals surface area contributed by atoms with Gasteiger partial charge in [-0.15, -0.1) is 0 Å². The van der Waals surface area contributed by atoms with Crippen LogP contribution < -0.4 is 10.6 Å². The molecule has 0 radical (unpaired) electrons. The first kappa shape index (κ1) is 26.1. The lowest BCUT2D eigenvalue weighted by Gasteiger charge is -2.29. The van der Waals surface area contributed by atoms with Gasteiger partial charge in [0, 0.05) is 42.4 Å². The fraction of sp³-hybridized carbons (Fsp3) is 0.200. The Morgan fingerprint density at radius 1 is 1.05 bits per heavy atom. The van der Waals surface area contributed by atoms with Crippen molar-refractivity contribution in [1.82, 2.24) is 19.8 Å². The number of esters is 1. The van der Waals surface area contributed by atoms with Gasteiger partial charge in [-0.05, 0) is 73.2 Å². The summed E-state index contributed by atoms with van der Waals surface area (Å²) in [7, 11) is 1.37. The largest absolute Gasteiger partial charge is 0.465 e. The molecule has 8 nitrogen and oxygen atoms in total. The molecule has 1 aliphatic rings. The minimum Gasteiger partial charge on any atom is -0.465 e. The van der Waals surface area contributed by atoms with Crippen LogP contribution in [0.25, 0.3) is 5.69 Å². The first-order chi connectivity index (χ1) is 19.0. The van der Waals surface area contributed by atoms with Gasteiger partial charge in [-0.3, -0.25) is 9.78 Å². The minimum absolute atomic E-state index is 0.0895. The molecule has 2 N–H and O–H groups in total. The molecule has 39 heavy (non-hydrogen) atoms. The second-order valence-electron chi connectivity index (χ2n) is 9.28. The number of aryl methyl sites for hydroxylation is 1. The van der Waals surface area contributed by atoms with Crippen LogP contribution in [0.2, 0.25) is 0 Å². The maximum atomic E-state index is 12.9. The minimum atomic E-state index is -0.401. The number of rotatable bonds is 8. The summed E-state index contributed by atoms with van der Waals surface area (Å²) in [5.74, 6) is -0.491. The van der Waals surface area contributed by atoms with Crippen molar-refractivity contribution in [1.29, 1.82) is 0 Å². The van der Waals surface area contributed by atoms with Gasteiger partial charge in [0.25, 0.3) is 0 Å². The highest BCUT2D eigenvalue weighted by atomic mass is 32.1. The molecule has 3 heterocycles. The van der Waals surface area contributed by atoms with E-state index in [-0.39, 0.29) is 24.4 Å². The molecule has 2 atom stereocenters. The van der Waals surface area contributed by atoms with Gasteiger partial charge in [0.1, 0.15) is 0 Å². The average Bonchev–Trinajstić information content (AvgIpc) is 3.57. The van der Waals surface area contributed by atoms with Gasteiger partial charge in [0.2, 0.25) is 5.91 Å². The highest BCUT2D eigenvalue weighted by molar-refractivity contribution is 7.80. The van der Waals surface area contributed by atoms with Gasteiger partial charge in [-0.1, -0.05) is 30.3 Å². The molecule has 198 valence electrons. The number of hydrogen-bond acceptors (Lipinski definition) is 5. The van der Waals surface area contributed by atoms with Crippen molar-refractivity contribution < 1.29 is 14.3 Å². The molecule has 2 aromatic heterocycles. The van der Waals surface area contributed by atoms with E-state index in [9.17, 15) is 9.59 Å². The molecule has 9 heteroatoms. The maximum absolute atomic E-state index is 12.9. The lowest BCUT2D eigenvalue weighted by atomic mass is 10.0. The summed E-state index contributed by atoms with van der Waals surface area (Å²) in [6, 6.07) is 24.3. The van der Waals surface area contributed by atoms with E-state index in [1.54, 1.807) is 18.3 Å². The van der Waals surface area contributed by atoms with E-state index < -0.39 is 5.97 Å². The Labute approximate surface area is 232 Å². The summed E-state index contributed by atoms with van der Waals surface area (Å²) >= 11 is 5.79. The lowest BCUT2D eigenvalue weighted by Crippen LogP contribution is -2.33.